The summed E-state index contributed by atoms with van der Waals surface area (Å²) >= 11 is 0. The van der Waals surface area contributed by atoms with Gasteiger partial charge in [0.15, 0.2) is 11.5 Å². The highest BCUT2D eigenvalue weighted by molar-refractivity contribution is 7.88. The predicted octanol–water partition coefficient (Wildman–Crippen LogP) is 2.12. The summed E-state index contributed by atoms with van der Waals surface area (Å²) in [6.45, 7) is 5.48. The number of anilines is 2. The summed E-state index contributed by atoms with van der Waals surface area (Å²) < 4.78 is 27.0. The molecule has 2 aliphatic heterocycles. The van der Waals surface area contributed by atoms with Crippen LogP contribution in [0.4, 0.5) is 11.8 Å². The SMILES string of the molecule is CCC1CCC(C)N1c1c(-c2cn[nH]c2)ncc2nc(NC3CCN(S(C)(=O)=O)CC3)nn12. The van der Waals surface area contributed by atoms with Crippen molar-refractivity contribution in [1.29, 1.82) is 0 Å². The number of sulfonamides is 1. The molecule has 3 aromatic heterocycles. The van der Waals surface area contributed by atoms with Gasteiger partial charge in [0.05, 0.1) is 18.6 Å². The zero-order valence-corrected chi connectivity index (χ0v) is 20.1. The topological polar surface area (TPSA) is 124 Å². The maximum atomic E-state index is 11.8. The molecule has 5 rings (SSSR count). The highest BCUT2D eigenvalue weighted by atomic mass is 32.2. The van der Waals surface area contributed by atoms with Crippen LogP contribution in [0.5, 0.6) is 0 Å². The Bertz CT molecular complexity index is 1220. The molecule has 12 heteroatoms. The summed E-state index contributed by atoms with van der Waals surface area (Å²) in [7, 11) is -3.15. The van der Waals surface area contributed by atoms with Crippen LogP contribution in [0.1, 0.15) is 46.0 Å². The van der Waals surface area contributed by atoms with Crippen LogP contribution in [0.3, 0.4) is 0 Å². The molecule has 0 amide bonds. The van der Waals surface area contributed by atoms with Crippen LogP contribution in [0.15, 0.2) is 18.6 Å². The molecule has 11 nitrogen and oxygen atoms in total. The molecule has 2 aliphatic rings. The van der Waals surface area contributed by atoms with Crippen molar-refractivity contribution in [3.8, 4) is 11.3 Å². The second-order valence-electron chi connectivity index (χ2n) is 9.10. The van der Waals surface area contributed by atoms with E-state index < -0.39 is 10.0 Å². The van der Waals surface area contributed by atoms with Gasteiger partial charge < -0.3 is 10.2 Å². The fourth-order valence-corrected chi connectivity index (χ4v) is 5.96. The lowest BCUT2D eigenvalue weighted by molar-refractivity contribution is 0.331. The quantitative estimate of drug-likeness (QED) is 0.558. The molecule has 3 aromatic rings. The minimum Gasteiger partial charge on any atom is -0.350 e. The molecule has 0 bridgehead atoms. The van der Waals surface area contributed by atoms with Crippen molar-refractivity contribution in [2.75, 3.05) is 29.6 Å². The van der Waals surface area contributed by atoms with Crippen LogP contribution in [0.25, 0.3) is 16.9 Å². The van der Waals surface area contributed by atoms with Crippen molar-refractivity contribution in [2.24, 2.45) is 0 Å². The van der Waals surface area contributed by atoms with Gasteiger partial charge >= 0.3 is 0 Å². The Morgan fingerprint density at radius 2 is 1.97 bits per heavy atom. The van der Waals surface area contributed by atoms with E-state index in [1.54, 1.807) is 12.4 Å². The van der Waals surface area contributed by atoms with E-state index in [9.17, 15) is 8.42 Å². The Morgan fingerprint density at radius 1 is 1.18 bits per heavy atom. The van der Waals surface area contributed by atoms with E-state index in [0.717, 1.165) is 49.2 Å². The van der Waals surface area contributed by atoms with Crippen molar-refractivity contribution in [2.45, 2.75) is 64.1 Å². The van der Waals surface area contributed by atoms with E-state index in [1.807, 2.05) is 10.7 Å². The van der Waals surface area contributed by atoms with Gasteiger partial charge in [0, 0.05) is 43.0 Å². The second-order valence-corrected chi connectivity index (χ2v) is 11.1. The maximum absolute atomic E-state index is 11.8. The average molecular weight is 474 g/mol. The predicted molar refractivity (Wildman–Crippen MR) is 127 cm³/mol. The number of aromatic nitrogens is 6. The molecule has 5 heterocycles. The second kappa shape index (κ2) is 8.56. The molecule has 2 N–H and O–H groups in total. The zero-order valence-electron chi connectivity index (χ0n) is 19.3. The van der Waals surface area contributed by atoms with Crippen LogP contribution >= 0.6 is 0 Å². The van der Waals surface area contributed by atoms with Gasteiger partial charge in [0.2, 0.25) is 16.0 Å². The molecule has 2 atom stereocenters. The third-order valence-electron chi connectivity index (χ3n) is 6.88. The highest BCUT2D eigenvalue weighted by Gasteiger charge is 2.34. The number of hydrogen-bond donors (Lipinski definition) is 2. The first-order valence-electron chi connectivity index (χ1n) is 11.6. The molecule has 0 aliphatic carbocycles. The molecular weight excluding hydrogens is 442 g/mol. The van der Waals surface area contributed by atoms with Crippen molar-refractivity contribution < 1.29 is 8.42 Å². The maximum Gasteiger partial charge on any atom is 0.243 e. The molecule has 2 unspecified atom stereocenters. The molecular formula is C21H31N9O2S. The number of rotatable bonds is 6. The van der Waals surface area contributed by atoms with E-state index >= 15 is 0 Å². The molecule has 178 valence electrons. The summed E-state index contributed by atoms with van der Waals surface area (Å²) in [5.41, 5.74) is 2.43. The van der Waals surface area contributed by atoms with Crippen LogP contribution < -0.4 is 10.2 Å². The number of piperidine rings is 1. The van der Waals surface area contributed by atoms with Gasteiger partial charge in [-0.1, -0.05) is 6.92 Å². The monoisotopic (exact) mass is 473 g/mol. The number of H-pyrrole nitrogens is 1. The third kappa shape index (κ3) is 4.17. The van der Waals surface area contributed by atoms with Gasteiger partial charge in [-0.25, -0.2) is 17.7 Å². The smallest absolute Gasteiger partial charge is 0.243 e. The largest absolute Gasteiger partial charge is 0.350 e. The lowest BCUT2D eigenvalue weighted by Crippen LogP contribution is -2.42. The van der Waals surface area contributed by atoms with Crippen molar-refractivity contribution >= 4 is 27.4 Å². The Kier molecular flexibility index (Phi) is 5.73. The summed E-state index contributed by atoms with van der Waals surface area (Å²) in [5, 5.41) is 15.3. The normalized spacial score (nSPS) is 22.9. The molecule has 0 aromatic carbocycles. The fourth-order valence-electron chi connectivity index (χ4n) is 5.09. The van der Waals surface area contributed by atoms with Gasteiger partial charge in [-0.3, -0.25) is 5.10 Å². The molecule has 2 fully saturated rings. The lowest BCUT2D eigenvalue weighted by Gasteiger charge is -2.31. The fraction of sp³-hybridized carbons (Fsp3) is 0.619. The van der Waals surface area contributed by atoms with E-state index in [1.165, 1.54) is 10.6 Å². The van der Waals surface area contributed by atoms with E-state index in [-0.39, 0.29) is 6.04 Å². The van der Waals surface area contributed by atoms with E-state index in [4.69, 9.17) is 15.1 Å². The van der Waals surface area contributed by atoms with Gasteiger partial charge in [0.25, 0.3) is 0 Å². The van der Waals surface area contributed by atoms with Crippen LogP contribution in [-0.2, 0) is 10.0 Å². The Labute approximate surface area is 193 Å². The number of nitrogens with zero attached hydrogens (tertiary/aromatic N) is 7. The van der Waals surface area contributed by atoms with Gasteiger partial charge in [0.1, 0.15) is 5.69 Å². The van der Waals surface area contributed by atoms with Crippen molar-refractivity contribution in [3.05, 3.63) is 18.6 Å². The van der Waals surface area contributed by atoms with Crippen LogP contribution in [-0.4, -0.2) is 80.0 Å². The lowest BCUT2D eigenvalue weighted by atomic mass is 10.1. The summed E-state index contributed by atoms with van der Waals surface area (Å²) in [6.07, 6.45) is 11.4. The van der Waals surface area contributed by atoms with Gasteiger partial charge in [-0.05, 0) is 39.0 Å². The average Bonchev–Trinajstić information content (AvgIpc) is 3.52. The summed E-state index contributed by atoms with van der Waals surface area (Å²) in [4.78, 5) is 11.9. The van der Waals surface area contributed by atoms with Crippen molar-refractivity contribution in [1.82, 2.24) is 34.1 Å². The Balaban J connectivity index is 1.49. The number of nitrogens with one attached hydrogen (secondary N) is 2. The Hall–Kier alpha value is -2.73. The molecule has 33 heavy (non-hydrogen) atoms. The number of aromatic amines is 1. The minimum atomic E-state index is -3.15. The first-order chi connectivity index (χ1) is 15.8. The first-order valence-corrected chi connectivity index (χ1v) is 13.4. The molecule has 2 saturated heterocycles. The van der Waals surface area contributed by atoms with Gasteiger partial charge in [-0.2, -0.15) is 14.6 Å². The van der Waals surface area contributed by atoms with E-state index in [0.29, 0.717) is 36.8 Å². The van der Waals surface area contributed by atoms with Crippen molar-refractivity contribution in [3.63, 3.8) is 0 Å². The highest BCUT2D eigenvalue weighted by Crippen LogP contribution is 2.37. The first kappa shape index (κ1) is 22.1. The molecule has 0 radical (unpaired) electrons. The van der Waals surface area contributed by atoms with Gasteiger partial charge in [-0.15, -0.1) is 5.10 Å². The standard InChI is InChI=1S/C21H31N9O2S/c1-4-17-6-5-14(2)29(17)20-19(15-11-23-24-12-15)22-13-18-26-21(27-30(18)20)25-16-7-9-28(10-8-16)33(3,31)32/h11-14,16-17H,4-10H2,1-3H3,(H,23,24)(H,25,27). The van der Waals surface area contributed by atoms with Crippen LogP contribution in [0.2, 0.25) is 0 Å². The third-order valence-corrected chi connectivity index (χ3v) is 8.19. The number of fused-ring (bicyclic) bond motifs is 1. The minimum absolute atomic E-state index is 0.124. The van der Waals surface area contributed by atoms with Crippen LogP contribution in [0, 0.1) is 0 Å². The Morgan fingerprint density at radius 3 is 2.64 bits per heavy atom. The molecule has 0 saturated carbocycles. The zero-order chi connectivity index (χ0) is 23.2. The summed E-state index contributed by atoms with van der Waals surface area (Å²) in [6, 6.07) is 0.909. The summed E-state index contributed by atoms with van der Waals surface area (Å²) in [5.74, 6) is 1.48. The van der Waals surface area contributed by atoms with E-state index in [2.05, 4.69) is 34.3 Å². The number of hydrogen-bond acceptors (Lipinski definition) is 8. The molecule has 0 spiro atoms.